The van der Waals surface area contributed by atoms with Crippen LogP contribution < -0.4 is 10.6 Å². The number of H-pyrrole nitrogens is 1. The lowest BCUT2D eigenvalue weighted by Crippen LogP contribution is -2.22. The number of benzene rings is 2. The Morgan fingerprint density at radius 2 is 1.45 bits per heavy atom. The number of hydrogen-bond donors (Lipinski definition) is 3. The summed E-state index contributed by atoms with van der Waals surface area (Å²) in [6.07, 6.45) is 7.11. The summed E-state index contributed by atoms with van der Waals surface area (Å²) < 4.78 is 70.1. The van der Waals surface area contributed by atoms with Gasteiger partial charge in [-0.2, -0.15) is 26.9 Å². The minimum atomic E-state index is -4.47. The number of carbonyl (C=O) groups excluding carboxylic acids is 2. The van der Waals surface area contributed by atoms with E-state index in [0.717, 1.165) is 34.0 Å². The van der Waals surface area contributed by atoms with Crippen LogP contribution in [0.25, 0.3) is 11.8 Å². The van der Waals surface area contributed by atoms with Gasteiger partial charge in [0.15, 0.2) is 5.71 Å². The van der Waals surface area contributed by atoms with Crippen LogP contribution in [0.1, 0.15) is 25.1 Å². The number of carbonyl (C=O) groups is 2. The first-order chi connectivity index (χ1) is 22.3. The van der Waals surface area contributed by atoms with Gasteiger partial charge in [0.05, 0.1) is 51.2 Å². The third-order valence-corrected chi connectivity index (χ3v) is 8.01. The van der Waals surface area contributed by atoms with Gasteiger partial charge in [0.25, 0.3) is 31.7 Å². The molecule has 0 unspecified atom stereocenters. The van der Waals surface area contributed by atoms with E-state index in [1.807, 2.05) is 0 Å². The summed E-state index contributed by atoms with van der Waals surface area (Å²) >= 11 is 0. The summed E-state index contributed by atoms with van der Waals surface area (Å²) in [7, 11) is -8.91. The number of nitrogens with one attached hydrogen (secondary N) is 1. The molecule has 1 amide bonds. The van der Waals surface area contributed by atoms with Crippen molar-refractivity contribution in [3.8, 4) is 5.69 Å². The Balaban J connectivity index is 1.62. The number of aromatic amines is 1. The smallest absolute Gasteiger partial charge is 0.359 e. The molecule has 0 bridgehead atoms. The molecule has 0 aliphatic carbocycles. The molecule has 0 saturated carbocycles. The SMILES string of the molecule is CCOOCc1[nH]n(-c2ccc(S(=O)(=O)O)cc2)c(=O)c1/C=C/C=C/C=C1/C(=O)N(c2ccc(S(=O)(=O)O)cc2)N=C1C(=O)OCC. The van der Waals surface area contributed by atoms with Crippen LogP contribution >= 0.6 is 0 Å². The summed E-state index contributed by atoms with van der Waals surface area (Å²) in [5, 5.41) is 7.81. The second kappa shape index (κ2) is 14.6. The first kappa shape index (κ1) is 34.9. The second-order valence-electron chi connectivity index (χ2n) is 9.36. The minimum Gasteiger partial charge on any atom is -0.461 e. The molecule has 3 aromatic rings. The molecular weight excluding hydrogens is 660 g/mol. The van der Waals surface area contributed by atoms with E-state index in [0.29, 0.717) is 5.69 Å². The third kappa shape index (κ3) is 8.25. The Hall–Kier alpha value is -4.98. The molecule has 3 N–H and O–H groups in total. The van der Waals surface area contributed by atoms with Gasteiger partial charge >= 0.3 is 5.97 Å². The van der Waals surface area contributed by atoms with E-state index < -0.39 is 42.6 Å². The van der Waals surface area contributed by atoms with E-state index in [1.54, 1.807) is 13.8 Å². The van der Waals surface area contributed by atoms with Gasteiger partial charge in [-0.25, -0.2) is 19.3 Å². The molecule has 248 valence electrons. The Morgan fingerprint density at radius 1 is 0.851 bits per heavy atom. The van der Waals surface area contributed by atoms with Gasteiger partial charge in [-0.1, -0.05) is 18.2 Å². The molecule has 0 fully saturated rings. The van der Waals surface area contributed by atoms with Crippen LogP contribution in [0.3, 0.4) is 0 Å². The van der Waals surface area contributed by atoms with Crippen molar-refractivity contribution in [2.24, 2.45) is 5.10 Å². The quantitative estimate of drug-likeness (QED) is 0.0448. The number of ether oxygens (including phenoxy) is 1. The molecule has 18 heteroatoms. The van der Waals surface area contributed by atoms with Gasteiger partial charge in [0.1, 0.15) is 6.61 Å². The molecule has 1 aliphatic heterocycles. The molecule has 0 spiro atoms. The zero-order valence-corrected chi connectivity index (χ0v) is 26.4. The molecule has 0 radical (unpaired) electrons. The summed E-state index contributed by atoms with van der Waals surface area (Å²) in [5.41, 5.74) is -0.100. The summed E-state index contributed by atoms with van der Waals surface area (Å²) in [4.78, 5) is 48.3. The molecule has 1 aromatic heterocycles. The highest BCUT2D eigenvalue weighted by molar-refractivity contribution is 7.86. The van der Waals surface area contributed by atoms with E-state index in [-0.39, 0.29) is 52.9 Å². The van der Waals surface area contributed by atoms with Crippen molar-refractivity contribution in [1.29, 1.82) is 0 Å². The zero-order valence-electron chi connectivity index (χ0n) is 24.8. The summed E-state index contributed by atoms with van der Waals surface area (Å²) in [6.45, 7) is 3.38. The fourth-order valence-corrected chi connectivity index (χ4v) is 5.09. The van der Waals surface area contributed by atoms with E-state index in [2.05, 4.69) is 10.2 Å². The van der Waals surface area contributed by atoms with Gasteiger partial charge in [-0.3, -0.25) is 23.8 Å². The normalized spacial score (nSPS) is 14.9. The highest BCUT2D eigenvalue weighted by Gasteiger charge is 2.35. The summed E-state index contributed by atoms with van der Waals surface area (Å²) in [5.74, 6) is -1.59. The highest BCUT2D eigenvalue weighted by Crippen LogP contribution is 2.26. The van der Waals surface area contributed by atoms with E-state index >= 15 is 0 Å². The number of hydrazone groups is 1. The molecule has 16 nitrogen and oxygen atoms in total. The standard InChI is InChI=1S/C29H28N4O12S2/c1-3-43-29(36)26-24(28(35)33(31-26)20-12-16-22(17-13-20)47(40,41)42)9-7-5-6-8-23-25(18-45-44-4-2)30-32(27(23)34)19-10-14-21(15-11-19)46(37,38)39/h5-17,30H,3-4,18H2,1-2H3,(H,37,38,39)(H,40,41,42)/b7-5+,8-6+,24-9+. The number of rotatable bonds is 13. The molecule has 2 aromatic carbocycles. The van der Waals surface area contributed by atoms with Gasteiger partial charge in [0, 0.05) is 0 Å². The van der Waals surface area contributed by atoms with Crippen LogP contribution in [-0.4, -0.2) is 66.5 Å². The van der Waals surface area contributed by atoms with Crippen molar-refractivity contribution >= 4 is 49.6 Å². The average molecular weight is 689 g/mol. The maximum absolute atomic E-state index is 13.3. The molecule has 4 rings (SSSR count). The lowest BCUT2D eigenvalue weighted by atomic mass is 10.1. The van der Waals surface area contributed by atoms with Crippen LogP contribution in [0.4, 0.5) is 5.69 Å². The maximum Gasteiger partial charge on any atom is 0.359 e. The van der Waals surface area contributed by atoms with Gasteiger partial charge in [0.2, 0.25) is 0 Å². The monoisotopic (exact) mass is 688 g/mol. The molecule has 0 atom stereocenters. The Labute approximate surface area is 268 Å². The Bertz CT molecular complexity index is 2060. The van der Waals surface area contributed by atoms with E-state index in [9.17, 15) is 40.3 Å². The number of aromatic nitrogens is 2. The number of nitrogens with zero attached hydrogens (tertiary/aromatic N) is 3. The number of anilines is 1. The maximum atomic E-state index is 13.3. The number of amides is 1. The Kier molecular flexibility index (Phi) is 10.9. The number of hydrogen-bond acceptors (Lipinski definition) is 11. The molecule has 1 aliphatic rings. The fraction of sp³-hybridized carbons (Fsp3) is 0.172. The van der Waals surface area contributed by atoms with Crippen molar-refractivity contribution in [3.05, 3.63) is 100 Å². The third-order valence-electron chi connectivity index (χ3n) is 6.28. The minimum absolute atomic E-state index is 0.00910. The predicted octanol–water partition coefficient (Wildman–Crippen LogP) is 2.59. The topological polar surface area (TPSA) is 224 Å². The van der Waals surface area contributed by atoms with Gasteiger partial charge in [-0.15, -0.1) is 0 Å². The number of esters is 1. The van der Waals surface area contributed by atoms with E-state index in [4.69, 9.17) is 14.5 Å². The molecular formula is C29H28N4O12S2. The molecule has 0 saturated heterocycles. The van der Waals surface area contributed by atoms with Crippen molar-refractivity contribution in [3.63, 3.8) is 0 Å². The van der Waals surface area contributed by atoms with Crippen LogP contribution in [-0.2, 0) is 50.9 Å². The largest absolute Gasteiger partial charge is 0.461 e. The van der Waals surface area contributed by atoms with E-state index in [1.165, 1.54) is 54.6 Å². The van der Waals surface area contributed by atoms with Crippen LogP contribution in [0.15, 0.2) is 98.1 Å². The molecule has 2 heterocycles. The first-order valence-corrected chi connectivity index (χ1v) is 16.5. The average Bonchev–Trinajstić information content (AvgIpc) is 3.52. The second-order valence-corrected chi connectivity index (χ2v) is 12.2. The van der Waals surface area contributed by atoms with Crippen molar-refractivity contribution < 1.29 is 50.0 Å². The predicted molar refractivity (Wildman–Crippen MR) is 167 cm³/mol. The summed E-state index contributed by atoms with van der Waals surface area (Å²) in [6, 6.07) is 9.51. The van der Waals surface area contributed by atoms with Crippen LogP contribution in [0.5, 0.6) is 0 Å². The highest BCUT2D eigenvalue weighted by atomic mass is 32.2. The lowest BCUT2D eigenvalue weighted by molar-refractivity contribution is -0.301. The lowest BCUT2D eigenvalue weighted by Gasteiger charge is -2.11. The van der Waals surface area contributed by atoms with Crippen molar-refractivity contribution in [2.75, 3.05) is 18.2 Å². The van der Waals surface area contributed by atoms with Crippen molar-refractivity contribution in [1.82, 2.24) is 9.78 Å². The molecule has 47 heavy (non-hydrogen) atoms. The fourth-order valence-electron chi connectivity index (χ4n) is 4.13. The first-order valence-electron chi connectivity index (χ1n) is 13.7. The van der Waals surface area contributed by atoms with Crippen LogP contribution in [0.2, 0.25) is 0 Å². The zero-order chi connectivity index (χ0) is 34.4. The van der Waals surface area contributed by atoms with Gasteiger partial charge in [-0.05, 0) is 74.5 Å². The van der Waals surface area contributed by atoms with Crippen LogP contribution in [0, 0.1) is 0 Å². The Morgan fingerprint density at radius 3 is 2.00 bits per heavy atom. The van der Waals surface area contributed by atoms with Crippen molar-refractivity contribution in [2.45, 2.75) is 30.2 Å². The number of allylic oxidation sites excluding steroid dienone is 4. The van der Waals surface area contributed by atoms with Gasteiger partial charge < -0.3 is 4.74 Å².